The van der Waals surface area contributed by atoms with Crippen molar-refractivity contribution in [1.82, 2.24) is 4.57 Å². The van der Waals surface area contributed by atoms with E-state index in [2.05, 4.69) is 10.6 Å². The number of aromatic hydroxyl groups is 1. The molecule has 0 amide bonds. The van der Waals surface area contributed by atoms with E-state index < -0.39 is 5.97 Å². The van der Waals surface area contributed by atoms with Crippen molar-refractivity contribution in [2.24, 2.45) is 7.05 Å². The van der Waals surface area contributed by atoms with E-state index in [1.165, 1.54) is 12.1 Å². The molecule has 4 aromatic rings. The second-order valence-electron chi connectivity index (χ2n) is 5.42. The van der Waals surface area contributed by atoms with Gasteiger partial charge in [0.15, 0.2) is 0 Å². The number of carbonyl (C=O) groups is 1. The van der Waals surface area contributed by atoms with Crippen LogP contribution >= 0.6 is 0 Å². The summed E-state index contributed by atoms with van der Waals surface area (Å²) in [6, 6.07) is 14.9. The first-order chi connectivity index (χ1) is 10.6. The maximum absolute atomic E-state index is 11.1. The number of aromatic nitrogens is 1. The fourth-order valence-corrected chi connectivity index (χ4v) is 3.20. The van der Waals surface area contributed by atoms with E-state index in [0.29, 0.717) is 0 Å². The molecule has 0 aliphatic carbocycles. The Hall–Kier alpha value is -1.37. The molecular weight excluding hydrogens is 317 g/mol. The molecule has 0 unspecified atom stereocenters. The molecule has 0 aliphatic rings. The van der Waals surface area contributed by atoms with Crippen LogP contribution in [0.5, 0.6) is 5.75 Å². The van der Waals surface area contributed by atoms with Crippen molar-refractivity contribution in [3.05, 3.63) is 54.1 Å². The third-order valence-corrected chi connectivity index (χ3v) is 4.22. The van der Waals surface area contributed by atoms with Crippen LogP contribution in [-0.2, 0) is 7.05 Å². The molecule has 0 fully saturated rings. The number of carboxylic acids is 1. The second kappa shape index (κ2) is 5.92. The van der Waals surface area contributed by atoms with Crippen molar-refractivity contribution < 1.29 is 66.4 Å². The minimum Gasteiger partial charge on any atom is -0.545 e. The predicted octanol–water partition coefficient (Wildman–Crippen LogP) is -0.442. The van der Waals surface area contributed by atoms with Gasteiger partial charge in [-0.25, -0.2) is 0 Å². The number of hydrogen-bond donors (Lipinski definition) is 1. The van der Waals surface area contributed by atoms with Gasteiger partial charge in [0.05, 0.1) is 11.5 Å². The van der Waals surface area contributed by atoms with Crippen molar-refractivity contribution in [2.45, 2.75) is 0 Å². The summed E-state index contributed by atoms with van der Waals surface area (Å²) in [5.41, 5.74) is 1.87. The summed E-state index contributed by atoms with van der Waals surface area (Å²) in [7, 11) is 1.97. The molecule has 1 N–H and O–H groups in total. The number of para-hydroxylation sites is 1. The van der Waals surface area contributed by atoms with E-state index in [-0.39, 0.29) is 62.7 Å². The summed E-state index contributed by atoms with van der Waals surface area (Å²) in [6.45, 7) is 0. The maximum Gasteiger partial charge on any atom is 1.00 e. The van der Waals surface area contributed by atoms with E-state index in [1.54, 1.807) is 0 Å². The first kappa shape index (κ1) is 16.5. The minimum atomic E-state index is -1.38. The van der Waals surface area contributed by atoms with E-state index in [0.717, 1.165) is 32.6 Å². The number of phenols is 1. The van der Waals surface area contributed by atoms with Gasteiger partial charge in [0, 0.05) is 34.3 Å². The molecule has 3 aromatic carbocycles. The van der Waals surface area contributed by atoms with E-state index in [4.69, 9.17) is 0 Å². The number of carbonyl (C=O) groups excluding carboxylic acids is 1. The first-order valence-corrected chi connectivity index (χ1v) is 6.92. The zero-order chi connectivity index (χ0) is 15.4. The SMILES string of the molecule is Cn1c2ccccc2c2ccc3cc(C(=O)[O-])c(O)cc3c21.[K+]. The summed E-state index contributed by atoms with van der Waals surface area (Å²) in [5, 5.41) is 24.8. The third-order valence-electron chi connectivity index (χ3n) is 4.22. The van der Waals surface area contributed by atoms with Crippen LogP contribution in [0.3, 0.4) is 0 Å². The smallest absolute Gasteiger partial charge is 0.545 e. The molecule has 0 radical (unpaired) electrons. The van der Waals surface area contributed by atoms with Gasteiger partial charge < -0.3 is 19.6 Å². The van der Waals surface area contributed by atoms with Crippen molar-refractivity contribution in [1.29, 1.82) is 0 Å². The molecule has 108 valence electrons. The summed E-state index contributed by atoms with van der Waals surface area (Å²) in [6.07, 6.45) is 0. The van der Waals surface area contributed by atoms with Gasteiger partial charge in [0.2, 0.25) is 0 Å². The molecule has 23 heavy (non-hydrogen) atoms. The molecule has 4 nitrogen and oxygen atoms in total. The molecular formula is C18H12KNO3. The van der Waals surface area contributed by atoms with Gasteiger partial charge in [-0.05, 0) is 23.6 Å². The van der Waals surface area contributed by atoms with Crippen LogP contribution in [0.4, 0.5) is 0 Å². The van der Waals surface area contributed by atoms with Crippen LogP contribution < -0.4 is 56.5 Å². The zero-order valence-corrected chi connectivity index (χ0v) is 16.0. The van der Waals surface area contributed by atoms with Gasteiger partial charge in [0.1, 0.15) is 5.75 Å². The summed E-state index contributed by atoms with van der Waals surface area (Å²) < 4.78 is 2.06. The molecule has 4 rings (SSSR count). The second-order valence-corrected chi connectivity index (χ2v) is 5.42. The standard InChI is InChI=1S/C18H13NO3.K/c1-19-15-5-3-2-4-11(15)12-7-6-10-8-14(18(21)22)16(20)9-13(10)17(12)19;/h2-9,20H,1H3,(H,21,22);/q;+1/p-1. The van der Waals surface area contributed by atoms with Crippen molar-refractivity contribution in [3.63, 3.8) is 0 Å². The van der Waals surface area contributed by atoms with Gasteiger partial charge in [-0.15, -0.1) is 0 Å². The number of nitrogens with zero attached hydrogens (tertiary/aromatic N) is 1. The Morgan fingerprint density at radius 3 is 2.52 bits per heavy atom. The third kappa shape index (κ3) is 2.40. The molecule has 0 bridgehead atoms. The number of aryl methyl sites for hydroxylation is 1. The molecule has 0 aliphatic heterocycles. The molecule has 5 heteroatoms. The van der Waals surface area contributed by atoms with Crippen LogP contribution in [0.15, 0.2) is 48.5 Å². The number of aromatic carboxylic acids is 1. The first-order valence-electron chi connectivity index (χ1n) is 6.92. The molecule has 0 spiro atoms. The topological polar surface area (TPSA) is 65.3 Å². The largest absolute Gasteiger partial charge is 1.00 e. The van der Waals surface area contributed by atoms with Gasteiger partial charge in [-0.3, -0.25) is 0 Å². The Labute approximate surface area is 174 Å². The average Bonchev–Trinajstić information content (AvgIpc) is 2.80. The predicted molar refractivity (Wildman–Crippen MR) is 83.9 cm³/mol. The molecule has 1 aromatic heterocycles. The van der Waals surface area contributed by atoms with Crippen molar-refractivity contribution in [2.75, 3.05) is 0 Å². The molecule has 0 atom stereocenters. The van der Waals surface area contributed by atoms with Crippen LogP contribution in [-0.4, -0.2) is 15.6 Å². The zero-order valence-electron chi connectivity index (χ0n) is 12.8. The number of benzene rings is 3. The van der Waals surface area contributed by atoms with Gasteiger partial charge in [0.25, 0.3) is 0 Å². The van der Waals surface area contributed by atoms with E-state index in [9.17, 15) is 15.0 Å². The molecule has 0 saturated carbocycles. The summed E-state index contributed by atoms with van der Waals surface area (Å²) in [4.78, 5) is 11.1. The van der Waals surface area contributed by atoms with Crippen molar-refractivity contribution >= 4 is 38.5 Å². The van der Waals surface area contributed by atoms with Gasteiger partial charge in [-0.2, -0.15) is 0 Å². The Balaban J connectivity index is 0.00000156. The number of carboxylic acid groups (broad SMARTS) is 1. The van der Waals surface area contributed by atoms with Crippen molar-refractivity contribution in [3.8, 4) is 5.75 Å². The fourth-order valence-electron chi connectivity index (χ4n) is 3.20. The average molecular weight is 329 g/mol. The number of rotatable bonds is 1. The Morgan fingerprint density at radius 2 is 1.78 bits per heavy atom. The van der Waals surface area contributed by atoms with Crippen LogP contribution in [0.25, 0.3) is 32.6 Å². The Bertz CT molecular complexity index is 1080. The normalized spacial score (nSPS) is 11.0. The number of fused-ring (bicyclic) bond motifs is 5. The van der Waals surface area contributed by atoms with Gasteiger partial charge >= 0.3 is 51.4 Å². The summed E-state index contributed by atoms with van der Waals surface area (Å²) in [5.74, 6) is -1.65. The molecule has 0 saturated heterocycles. The fraction of sp³-hybridized carbons (Fsp3) is 0.0556. The van der Waals surface area contributed by atoms with Crippen LogP contribution in [0.1, 0.15) is 10.4 Å². The maximum atomic E-state index is 11.1. The number of hydrogen-bond acceptors (Lipinski definition) is 3. The summed E-state index contributed by atoms with van der Waals surface area (Å²) >= 11 is 0. The van der Waals surface area contributed by atoms with Crippen LogP contribution in [0, 0.1) is 0 Å². The van der Waals surface area contributed by atoms with E-state index >= 15 is 0 Å². The minimum absolute atomic E-state index is 0. The van der Waals surface area contributed by atoms with Crippen LogP contribution in [0.2, 0.25) is 0 Å². The Morgan fingerprint density at radius 1 is 1.04 bits per heavy atom. The van der Waals surface area contributed by atoms with Gasteiger partial charge in [-0.1, -0.05) is 30.3 Å². The monoisotopic (exact) mass is 329 g/mol. The Kier molecular flexibility index (Phi) is 4.24. The quantitative estimate of drug-likeness (QED) is 0.482. The van der Waals surface area contributed by atoms with E-state index in [1.807, 2.05) is 37.4 Å². The molecule has 1 heterocycles.